The number of nitrogens with one attached hydrogen (secondary N) is 1. The molecular formula is C18H27ClN2O3. The van der Waals surface area contributed by atoms with Crippen LogP contribution < -0.4 is 5.32 Å². The van der Waals surface area contributed by atoms with Gasteiger partial charge in [-0.1, -0.05) is 23.7 Å². The molecular weight excluding hydrogens is 328 g/mol. The molecule has 0 fully saturated rings. The van der Waals surface area contributed by atoms with E-state index in [1.54, 1.807) is 32.7 Å². The molecule has 0 bridgehead atoms. The molecule has 0 aliphatic heterocycles. The Hall–Kier alpha value is -1.75. The number of amides is 2. The Kier molecular flexibility index (Phi) is 7.55. The van der Waals surface area contributed by atoms with Crippen molar-refractivity contribution in [3.05, 3.63) is 34.9 Å². The first-order valence-electron chi connectivity index (χ1n) is 8.05. The Morgan fingerprint density at radius 1 is 1.25 bits per heavy atom. The fourth-order valence-electron chi connectivity index (χ4n) is 2.11. The van der Waals surface area contributed by atoms with Crippen molar-refractivity contribution in [3.63, 3.8) is 0 Å². The lowest BCUT2D eigenvalue weighted by atomic mass is 10.1. The first-order chi connectivity index (χ1) is 11.1. The van der Waals surface area contributed by atoms with Crippen LogP contribution in [-0.4, -0.2) is 42.1 Å². The van der Waals surface area contributed by atoms with Crippen molar-refractivity contribution < 1.29 is 14.3 Å². The Morgan fingerprint density at radius 2 is 1.83 bits per heavy atom. The molecule has 134 valence electrons. The van der Waals surface area contributed by atoms with Crippen LogP contribution in [-0.2, 0) is 16.0 Å². The number of hydrogen-bond donors (Lipinski definition) is 1. The smallest absolute Gasteiger partial charge is 0.407 e. The summed E-state index contributed by atoms with van der Waals surface area (Å²) in [4.78, 5) is 25.5. The van der Waals surface area contributed by atoms with Crippen LogP contribution in [0, 0.1) is 0 Å². The number of ether oxygens (including phenoxy) is 1. The van der Waals surface area contributed by atoms with Crippen LogP contribution >= 0.6 is 11.6 Å². The van der Waals surface area contributed by atoms with Gasteiger partial charge in [0, 0.05) is 31.1 Å². The molecule has 1 N–H and O–H groups in total. The number of carbonyl (C=O) groups excluding carboxylic acids is 2. The van der Waals surface area contributed by atoms with Crippen molar-refractivity contribution in [2.24, 2.45) is 0 Å². The summed E-state index contributed by atoms with van der Waals surface area (Å²) in [6.07, 6.45) is 0.478. The maximum Gasteiger partial charge on any atom is 0.407 e. The molecule has 1 rings (SSSR count). The zero-order valence-corrected chi connectivity index (χ0v) is 15.8. The largest absolute Gasteiger partial charge is 0.444 e. The van der Waals surface area contributed by atoms with Gasteiger partial charge in [-0.25, -0.2) is 4.79 Å². The molecule has 0 heterocycles. The summed E-state index contributed by atoms with van der Waals surface area (Å²) in [5.74, 6) is -0.0208. The van der Waals surface area contributed by atoms with Crippen LogP contribution in [0.1, 0.15) is 39.7 Å². The monoisotopic (exact) mass is 354 g/mol. The third-order valence-corrected chi connectivity index (χ3v) is 3.76. The lowest BCUT2D eigenvalue weighted by Crippen LogP contribution is -2.39. The van der Waals surface area contributed by atoms with E-state index in [1.165, 1.54) is 0 Å². The molecule has 0 aliphatic carbocycles. The SMILES string of the molecule is CC(Cc1ccc(Cl)cc1)N(C)C(=O)CCNC(=O)OC(C)(C)C. The molecule has 0 aliphatic rings. The van der Waals surface area contributed by atoms with Crippen molar-refractivity contribution in [2.45, 2.75) is 52.2 Å². The van der Waals surface area contributed by atoms with Crippen LogP contribution in [0.3, 0.4) is 0 Å². The van der Waals surface area contributed by atoms with E-state index in [-0.39, 0.29) is 24.9 Å². The molecule has 0 saturated heterocycles. The second-order valence-corrected chi connectivity index (χ2v) is 7.30. The average molecular weight is 355 g/mol. The highest BCUT2D eigenvalue weighted by Crippen LogP contribution is 2.13. The number of carbonyl (C=O) groups is 2. The highest BCUT2D eigenvalue weighted by atomic mass is 35.5. The van der Waals surface area contributed by atoms with Crippen LogP contribution in [0.4, 0.5) is 4.79 Å². The highest BCUT2D eigenvalue weighted by Gasteiger charge is 2.18. The van der Waals surface area contributed by atoms with Gasteiger partial charge in [-0.2, -0.15) is 0 Å². The molecule has 6 heteroatoms. The standard InChI is InChI=1S/C18H27ClN2O3/c1-13(12-14-6-8-15(19)9-7-14)21(5)16(22)10-11-20-17(23)24-18(2,3)4/h6-9,13H,10-12H2,1-5H3,(H,20,23). The van der Waals surface area contributed by atoms with Crippen LogP contribution in [0.5, 0.6) is 0 Å². The van der Waals surface area contributed by atoms with E-state index in [9.17, 15) is 9.59 Å². The molecule has 1 aromatic carbocycles. The number of hydrogen-bond acceptors (Lipinski definition) is 3. The van der Waals surface area contributed by atoms with E-state index in [2.05, 4.69) is 5.32 Å². The normalized spacial score (nSPS) is 12.4. The Bertz CT molecular complexity index is 552. The first-order valence-corrected chi connectivity index (χ1v) is 8.43. The van der Waals surface area contributed by atoms with E-state index in [1.807, 2.05) is 31.2 Å². The molecule has 24 heavy (non-hydrogen) atoms. The van der Waals surface area contributed by atoms with Gasteiger partial charge >= 0.3 is 6.09 Å². The van der Waals surface area contributed by atoms with Crippen molar-refractivity contribution in [3.8, 4) is 0 Å². The fraction of sp³-hybridized carbons (Fsp3) is 0.556. The van der Waals surface area contributed by atoms with Crippen molar-refractivity contribution in [1.29, 1.82) is 0 Å². The van der Waals surface area contributed by atoms with Crippen molar-refractivity contribution >= 4 is 23.6 Å². The Morgan fingerprint density at radius 3 is 2.38 bits per heavy atom. The number of alkyl carbamates (subject to hydrolysis) is 1. The summed E-state index contributed by atoms with van der Waals surface area (Å²) in [5.41, 5.74) is 0.580. The topological polar surface area (TPSA) is 58.6 Å². The van der Waals surface area contributed by atoms with Gasteiger partial charge in [0.05, 0.1) is 0 Å². The molecule has 1 unspecified atom stereocenters. The zero-order valence-electron chi connectivity index (χ0n) is 15.1. The van der Waals surface area contributed by atoms with Crippen LogP contribution in [0.25, 0.3) is 0 Å². The Balaban J connectivity index is 2.38. The first kappa shape index (κ1) is 20.3. The zero-order chi connectivity index (χ0) is 18.3. The summed E-state index contributed by atoms with van der Waals surface area (Å²) < 4.78 is 5.13. The van der Waals surface area contributed by atoms with Gasteiger partial charge in [-0.3, -0.25) is 4.79 Å². The molecule has 5 nitrogen and oxygen atoms in total. The van der Waals surface area contributed by atoms with Gasteiger partial charge in [0.1, 0.15) is 5.60 Å². The molecule has 2 amide bonds. The van der Waals surface area contributed by atoms with Gasteiger partial charge in [0.25, 0.3) is 0 Å². The predicted molar refractivity (Wildman–Crippen MR) is 96.2 cm³/mol. The number of halogens is 1. The number of nitrogens with zero attached hydrogens (tertiary/aromatic N) is 1. The molecule has 0 radical (unpaired) electrons. The molecule has 1 aromatic rings. The Labute approximate surface area is 149 Å². The fourth-order valence-corrected chi connectivity index (χ4v) is 2.23. The third-order valence-electron chi connectivity index (χ3n) is 3.51. The number of benzene rings is 1. The number of likely N-dealkylation sites (N-methyl/N-ethyl adjacent to an activating group) is 1. The average Bonchev–Trinajstić information content (AvgIpc) is 2.46. The van der Waals surface area contributed by atoms with E-state index >= 15 is 0 Å². The van der Waals surface area contributed by atoms with E-state index in [0.717, 1.165) is 12.0 Å². The summed E-state index contributed by atoms with van der Waals surface area (Å²) in [6.45, 7) is 7.64. The minimum Gasteiger partial charge on any atom is -0.444 e. The maximum absolute atomic E-state index is 12.2. The van der Waals surface area contributed by atoms with Crippen molar-refractivity contribution in [1.82, 2.24) is 10.2 Å². The minimum atomic E-state index is -0.544. The highest BCUT2D eigenvalue weighted by molar-refractivity contribution is 6.30. The van der Waals surface area contributed by atoms with E-state index < -0.39 is 11.7 Å². The second kappa shape index (κ2) is 8.92. The molecule has 0 aromatic heterocycles. The quantitative estimate of drug-likeness (QED) is 0.848. The summed E-state index contributed by atoms with van der Waals surface area (Å²) >= 11 is 5.87. The van der Waals surface area contributed by atoms with Gasteiger partial charge in [-0.15, -0.1) is 0 Å². The summed E-state index contributed by atoms with van der Waals surface area (Å²) in [7, 11) is 1.77. The van der Waals surface area contributed by atoms with Gasteiger partial charge in [-0.05, 0) is 51.8 Å². The lowest BCUT2D eigenvalue weighted by Gasteiger charge is -2.25. The van der Waals surface area contributed by atoms with Gasteiger partial charge < -0.3 is 15.0 Å². The van der Waals surface area contributed by atoms with Crippen molar-refractivity contribution in [2.75, 3.05) is 13.6 Å². The molecule has 1 atom stereocenters. The van der Waals surface area contributed by atoms with E-state index in [0.29, 0.717) is 5.02 Å². The van der Waals surface area contributed by atoms with E-state index in [4.69, 9.17) is 16.3 Å². The number of rotatable bonds is 6. The lowest BCUT2D eigenvalue weighted by molar-refractivity contribution is -0.131. The predicted octanol–water partition coefficient (Wildman–Crippen LogP) is 3.64. The minimum absolute atomic E-state index is 0.0208. The summed E-state index contributed by atoms with van der Waals surface area (Å²) in [5, 5.41) is 3.29. The van der Waals surface area contributed by atoms with Gasteiger partial charge in [0.2, 0.25) is 5.91 Å². The van der Waals surface area contributed by atoms with Crippen LogP contribution in [0.2, 0.25) is 5.02 Å². The molecule has 0 spiro atoms. The van der Waals surface area contributed by atoms with Crippen LogP contribution in [0.15, 0.2) is 24.3 Å². The molecule has 0 saturated carbocycles. The van der Waals surface area contributed by atoms with Gasteiger partial charge in [0.15, 0.2) is 0 Å². The third kappa shape index (κ3) is 7.68. The second-order valence-electron chi connectivity index (χ2n) is 6.86. The summed E-state index contributed by atoms with van der Waals surface area (Å²) in [6, 6.07) is 7.66. The maximum atomic E-state index is 12.2.